The first-order valence-corrected chi connectivity index (χ1v) is 7.70. The summed E-state index contributed by atoms with van der Waals surface area (Å²) in [5.74, 6) is 0.0526. The normalized spacial score (nSPS) is 10.8. The lowest BCUT2D eigenvalue weighted by atomic mass is 10.1. The Labute approximate surface area is 130 Å². The molecule has 1 aromatic heterocycles. The van der Waals surface area contributed by atoms with E-state index in [0.717, 1.165) is 24.0 Å². The average Bonchev–Trinajstić information content (AvgIpc) is 3.03. The Hall–Kier alpha value is -2.55. The first-order chi connectivity index (χ1) is 10.8. The summed E-state index contributed by atoms with van der Waals surface area (Å²) in [4.78, 5) is 15.3. The summed E-state index contributed by atoms with van der Waals surface area (Å²) in [6.07, 6.45) is 4.17. The van der Waals surface area contributed by atoms with E-state index in [4.69, 9.17) is 0 Å². The van der Waals surface area contributed by atoms with Crippen LogP contribution in [0.2, 0.25) is 0 Å². The number of hydrogen-bond donors (Lipinski definition) is 2. The van der Waals surface area contributed by atoms with Gasteiger partial charge in [0.05, 0.1) is 0 Å². The summed E-state index contributed by atoms with van der Waals surface area (Å²) in [6, 6.07) is 16.2. The maximum Gasteiger partial charge on any atom is 0.224 e. The fourth-order valence-electron chi connectivity index (χ4n) is 2.66. The van der Waals surface area contributed by atoms with Crippen molar-refractivity contribution >= 4 is 22.5 Å². The van der Waals surface area contributed by atoms with Gasteiger partial charge in [0.25, 0.3) is 0 Å². The van der Waals surface area contributed by atoms with Crippen molar-refractivity contribution < 1.29 is 4.79 Å². The second-order valence-electron chi connectivity index (χ2n) is 5.45. The van der Waals surface area contributed by atoms with Gasteiger partial charge in [0.2, 0.25) is 5.91 Å². The molecule has 0 aliphatic carbocycles. The number of carbonyl (C=O) groups excluding carboxylic acids is 1. The van der Waals surface area contributed by atoms with Gasteiger partial charge in [-0.15, -0.1) is 0 Å². The monoisotopic (exact) mass is 292 g/mol. The third-order valence-electron chi connectivity index (χ3n) is 3.95. The van der Waals surface area contributed by atoms with Crippen molar-refractivity contribution in [1.82, 2.24) is 4.98 Å². The number of rotatable bonds is 5. The van der Waals surface area contributed by atoms with Crippen molar-refractivity contribution in [3.63, 3.8) is 0 Å². The molecule has 3 nitrogen and oxygen atoms in total. The van der Waals surface area contributed by atoms with Gasteiger partial charge in [-0.25, -0.2) is 0 Å². The fraction of sp³-hybridized carbons (Fsp3) is 0.211. The van der Waals surface area contributed by atoms with Crippen LogP contribution in [-0.2, 0) is 17.6 Å². The van der Waals surface area contributed by atoms with E-state index in [1.807, 2.05) is 30.5 Å². The van der Waals surface area contributed by atoms with E-state index in [2.05, 4.69) is 41.5 Å². The van der Waals surface area contributed by atoms with E-state index in [1.165, 1.54) is 16.5 Å². The lowest BCUT2D eigenvalue weighted by Crippen LogP contribution is -2.12. The Morgan fingerprint density at radius 2 is 1.91 bits per heavy atom. The highest BCUT2D eigenvalue weighted by Gasteiger charge is 2.06. The number of fused-ring (bicyclic) bond motifs is 1. The van der Waals surface area contributed by atoms with E-state index < -0.39 is 0 Å². The molecular formula is C19H20N2O. The topological polar surface area (TPSA) is 44.9 Å². The van der Waals surface area contributed by atoms with Gasteiger partial charge < -0.3 is 10.3 Å². The second-order valence-corrected chi connectivity index (χ2v) is 5.45. The smallest absolute Gasteiger partial charge is 0.224 e. The molecule has 3 rings (SSSR count). The quantitative estimate of drug-likeness (QED) is 0.723. The van der Waals surface area contributed by atoms with E-state index in [1.54, 1.807) is 0 Å². The number of hydrogen-bond acceptors (Lipinski definition) is 1. The lowest BCUT2D eigenvalue weighted by molar-refractivity contribution is -0.116. The molecule has 0 unspecified atom stereocenters. The Morgan fingerprint density at radius 3 is 2.68 bits per heavy atom. The summed E-state index contributed by atoms with van der Waals surface area (Å²) in [6.45, 7) is 2.12. The number of nitrogens with one attached hydrogen (secondary N) is 2. The van der Waals surface area contributed by atoms with Crippen LogP contribution in [0, 0.1) is 0 Å². The standard InChI is InChI=1S/C19H20N2O/c1-2-14-6-9-16(10-7-14)21-19(22)11-8-15-4-3-5-18-17(15)12-13-20-18/h3-7,9-10,12-13,20H,2,8,11H2,1H3,(H,21,22). The number of anilines is 1. The Balaban J connectivity index is 1.61. The zero-order valence-electron chi connectivity index (χ0n) is 12.7. The number of H-pyrrole nitrogens is 1. The SMILES string of the molecule is CCc1ccc(NC(=O)CCc2cccc3[nH]ccc23)cc1. The molecule has 0 radical (unpaired) electrons. The Kier molecular flexibility index (Phi) is 4.24. The van der Waals surface area contributed by atoms with Crippen LogP contribution in [0.25, 0.3) is 10.9 Å². The molecule has 2 aromatic carbocycles. The molecular weight excluding hydrogens is 272 g/mol. The van der Waals surface area contributed by atoms with Crippen LogP contribution >= 0.6 is 0 Å². The van der Waals surface area contributed by atoms with Crippen molar-refractivity contribution in [2.24, 2.45) is 0 Å². The fourth-order valence-corrected chi connectivity index (χ4v) is 2.66. The molecule has 0 aliphatic rings. The number of amides is 1. The lowest BCUT2D eigenvalue weighted by Gasteiger charge is -2.07. The molecule has 0 spiro atoms. The molecule has 0 saturated carbocycles. The predicted molar refractivity (Wildman–Crippen MR) is 91.1 cm³/mol. The van der Waals surface area contributed by atoms with Crippen molar-refractivity contribution in [3.8, 4) is 0 Å². The van der Waals surface area contributed by atoms with E-state index in [9.17, 15) is 4.79 Å². The summed E-state index contributed by atoms with van der Waals surface area (Å²) in [7, 11) is 0. The van der Waals surface area contributed by atoms with Crippen LogP contribution in [-0.4, -0.2) is 10.9 Å². The molecule has 0 atom stereocenters. The van der Waals surface area contributed by atoms with Gasteiger partial charge in [-0.3, -0.25) is 4.79 Å². The van der Waals surface area contributed by atoms with Crippen LogP contribution in [0.5, 0.6) is 0 Å². The van der Waals surface area contributed by atoms with Gasteiger partial charge in [0.1, 0.15) is 0 Å². The summed E-state index contributed by atoms with van der Waals surface area (Å²) >= 11 is 0. The molecule has 0 aliphatic heterocycles. The minimum atomic E-state index is 0.0526. The van der Waals surface area contributed by atoms with Gasteiger partial charge >= 0.3 is 0 Å². The predicted octanol–water partition coefficient (Wildman–Crippen LogP) is 4.30. The van der Waals surface area contributed by atoms with Gasteiger partial charge in [0, 0.05) is 29.2 Å². The van der Waals surface area contributed by atoms with Crippen LogP contribution in [0.15, 0.2) is 54.7 Å². The maximum atomic E-state index is 12.1. The second kappa shape index (κ2) is 6.48. The van der Waals surface area contributed by atoms with E-state index in [0.29, 0.717) is 6.42 Å². The van der Waals surface area contributed by atoms with Crippen molar-refractivity contribution in [3.05, 3.63) is 65.9 Å². The van der Waals surface area contributed by atoms with E-state index in [-0.39, 0.29) is 5.91 Å². The molecule has 1 amide bonds. The number of aromatic nitrogens is 1. The van der Waals surface area contributed by atoms with Gasteiger partial charge in [-0.05, 0) is 48.2 Å². The highest BCUT2D eigenvalue weighted by atomic mass is 16.1. The Bertz CT molecular complexity index is 771. The van der Waals surface area contributed by atoms with Gasteiger partial charge in [-0.1, -0.05) is 31.2 Å². The maximum absolute atomic E-state index is 12.1. The first kappa shape index (κ1) is 14.4. The Morgan fingerprint density at radius 1 is 1.09 bits per heavy atom. The third-order valence-corrected chi connectivity index (χ3v) is 3.95. The first-order valence-electron chi connectivity index (χ1n) is 7.70. The zero-order chi connectivity index (χ0) is 15.4. The molecule has 112 valence electrons. The van der Waals surface area contributed by atoms with Crippen LogP contribution < -0.4 is 5.32 Å². The highest BCUT2D eigenvalue weighted by molar-refractivity contribution is 5.91. The molecule has 0 fully saturated rings. The number of aromatic amines is 1. The summed E-state index contributed by atoms with van der Waals surface area (Å²) in [5.41, 5.74) is 4.46. The molecule has 3 heteroatoms. The van der Waals surface area contributed by atoms with Crippen LogP contribution in [0.1, 0.15) is 24.5 Å². The summed E-state index contributed by atoms with van der Waals surface area (Å²) < 4.78 is 0. The molecule has 22 heavy (non-hydrogen) atoms. The largest absolute Gasteiger partial charge is 0.361 e. The van der Waals surface area contributed by atoms with Gasteiger partial charge in [-0.2, -0.15) is 0 Å². The molecule has 3 aromatic rings. The number of carbonyl (C=O) groups is 1. The number of aryl methyl sites for hydroxylation is 2. The average molecular weight is 292 g/mol. The molecule has 0 bridgehead atoms. The molecule has 0 saturated heterocycles. The van der Waals surface area contributed by atoms with Crippen molar-refractivity contribution in [2.75, 3.05) is 5.32 Å². The zero-order valence-corrected chi connectivity index (χ0v) is 12.7. The number of benzene rings is 2. The third kappa shape index (κ3) is 3.19. The minimum Gasteiger partial charge on any atom is -0.361 e. The minimum absolute atomic E-state index is 0.0526. The van der Waals surface area contributed by atoms with Crippen molar-refractivity contribution in [2.45, 2.75) is 26.2 Å². The molecule has 1 heterocycles. The van der Waals surface area contributed by atoms with Crippen LogP contribution in [0.3, 0.4) is 0 Å². The molecule has 2 N–H and O–H groups in total. The van der Waals surface area contributed by atoms with E-state index >= 15 is 0 Å². The summed E-state index contributed by atoms with van der Waals surface area (Å²) in [5, 5.41) is 4.16. The van der Waals surface area contributed by atoms with Gasteiger partial charge in [0.15, 0.2) is 0 Å². The highest BCUT2D eigenvalue weighted by Crippen LogP contribution is 2.19. The van der Waals surface area contributed by atoms with Crippen molar-refractivity contribution in [1.29, 1.82) is 0 Å². The van der Waals surface area contributed by atoms with Crippen LogP contribution in [0.4, 0.5) is 5.69 Å².